The van der Waals surface area contributed by atoms with Gasteiger partial charge in [0.05, 0.1) is 24.6 Å². The molecule has 0 amide bonds. The zero-order valence-corrected chi connectivity index (χ0v) is 15.4. The maximum absolute atomic E-state index is 12.4. The summed E-state index contributed by atoms with van der Waals surface area (Å²) in [6.45, 7) is 10.0. The molecule has 0 aromatic carbocycles. The van der Waals surface area contributed by atoms with E-state index >= 15 is 0 Å². The van der Waals surface area contributed by atoms with Gasteiger partial charge in [-0.05, 0) is 27.7 Å². The van der Waals surface area contributed by atoms with E-state index < -0.39 is 40.8 Å². The van der Waals surface area contributed by atoms with Crippen molar-refractivity contribution in [3.63, 3.8) is 0 Å². The summed E-state index contributed by atoms with van der Waals surface area (Å²) in [6.07, 6.45) is -0.981. The number of nitrogens with one attached hydrogen (secondary N) is 1. The molecule has 0 radical (unpaired) electrons. The molecule has 1 spiro atoms. The fourth-order valence-corrected chi connectivity index (χ4v) is 4.03. The van der Waals surface area contributed by atoms with Gasteiger partial charge in [-0.1, -0.05) is 6.58 Å². The molecule has 3 aliphatic heterocycles. The fraction of sp³-hybridized carbons (Fsp3) is 0.750. The predicted molar refractivity (Wildman–Crippen MR) is 91.6 cm³/mol. The molecular formula is C16H27N5O5. The molecule has 26 heavy (non-hydrogen) atoms. The van der Waals surface area contributed by atoms with Crippen molar-refractivity contribution in [1.82, 2.24) is 15.3 Å². The molecule has 6 N–H and O–H groups in total. The first-order valence-corrected chi connectivity index (χ1v) is 8.48. The molecule has 10 nitrogen and oxygen atoms in total. The maximum atomic E-state index is 12.4. The smallest absolute Gasteiger partial charge is 0.311 e. The lowest BCUT2D eigenvalue weighted by molar-refractivity contribution is -0.243. The van der Waals surface area contributed by atoms with Gasteiger partial charge in [0.1, 0.15) is 17.5 Å². The number of carbonyl (C=O) groups excluding carboxylic acids is 1. The first-order chi connectivity index (χ1) is 11.9. The summed E-state index contributed by atoms with van der Waals surface area (Å²) in [5.41, 5.74) is 2.03. The lowest BCUT2D eigenvalue weighted by atomic mass is 9.79. The number of hydrogen-bond donors (Lipinski definition) is 5. The molecule has 3 unspecified atom stereocenters. The van der Waals surface area contributed by atoms with Crippen LogP contribution in [0.1, 0.15) is 27.7 Å². The Hall–Kier alpha value is -2.04. The summed E-state index contributed by atoms with van der Waals surface area (Å²) < 4.78 is 5.59. The van der Waals surface area contributed by atoms with E-state index in [1.54, 1.807) is 20.8 Å². The number of carbonyl (C=O) groups is 1. The zero-order valence-electron chi connectivity index (χ0n) is 15.4. The van der Waals surface area contributed by atoms with E-state index in [9.17, 15) is 20.2 Å². The quantitative estimate of drug-likeness (QED) is 0.368. The highest BCUT2D eigenvalue weighted by Gasteiger charge is 2.75. The van der Waals surface area contributed by atoms with Crippen LogP contribution in [0.25, 0.3) is 0 Å². The summed E-state index contributed by atoms with van der Waals surface area (Å²) >= 11 is 0. The number of hydroxylamine groups is 2. The third-order valence-corrected chi connectivity index (χ3v) is 5.47. The Morgan fingerprint density at radius 3 is 2.69 bits per heavy atom. The van der Waals surface area contributed by atoms with Gasteiger partial charge < -0.3 is 30.9 Å². The first-order valence-electron chi connectivity index (χ1n) is 8.48. The highest BCUT2D eigenvalue weighted by atomic mass is 16.6. The Kier molecular flexibility index (Phi) is 3.95. The number of hydrogen-bond acceptors (Lipinski definition) is 10. The van der Waals surface area contributed by atoms with Crippen molar-refractivity contribution in [3.05, 3.63) is 12.4 Å². The molecule has 2 fully saturated rings. The number of nitrogens with two attached hydrogens (primary N) is 1. The highest BCUT2D eigenvalue weighted by molar-refractivity contribution is 5.82. The van der Waals surface area contributed by atoms with Crippen LogP contribution in [0.3, 0.4) is 0 Å². The number of nitrogens with zero attached hydrogens (tertiary/aromatic N) is 3. The van der Waals surface area contributed by atoms with Crippen molar-refractivity contribution < 1.29 is 25.0 Å². The van der Waals surface area contributed by atoms with Crippen LogP contribution in [0, 0.1) is 5.41 Å². The van der Waals surface area contributed by atoms with Gasteiger partial charge >= 0.3 is 5.97 Å². The highest BCUT2D eigenvalue weighted by Crippen LogP contribution is 2.51. The van der Waals surface area contributed by atoms with E-state index in [1.807, 2.05) is 0 Å². The minimum absolute atomic E-state index is 0.0326. The zero-order chi connectivity index (χ0) is 19.7. The molecule has 0 aromatic heterocycles. The Bertz CT molecular complexity index is 672. The van der Waals surface area contributed by atoms with Crippen molar-refractivity contribution >= 4 is 11.9 Å². The second-order valence-electron chi connectivity index (χ2n) is 8.25. The Morgan fingerprint density at radius 1 is 1.54 bits per heavy atom. The van der Waals surface area contributed by atoms with Crippen LogP contribution in [0.2, 0.25) is 0 Å². The van der Waals surface area contributed by atoms with Crippen molar-refractivity contribution in [2.45, 2.75) is 57.1 Å². The third kappa shape index (κ3) is 2.15. The second-order valence-corrected chi connectivity index (χ2v) is 8.25. The monoisotopic (exact) mass is 369 g/mol. The molecule has 0 bridgehead atoms. The number of guanidine groups is 1. The average molecular weight is 369 g/mol. The van der Waals surface area contributed by atoms with E-state index in [0.29, 0.717) is 0 Å². The van der Waals surface area contributed by atoms with Crippen LogP contribution in [-0.2, 0) is 9.53 Å². The van der Waals surface area contributed by atoms with E-state index in [4.69, 9.17) is 10.5 Å². The van der Waals surface area contributed by atoms with E-state index in [0.717, 1.165) is 5.06 Å². The van der Waals surface area contributed by atoms with E-state index in [1.165, 1.54) is 11.8 Å². The first kappa shape index (κ1) is 18.7. The molecule has 3 rings (SSSR count). The molecule has 0 aliphatic carbocycles. The largest absolute Gasteiger partial charge is 0.457 e. The summed E-state index contributed by atoms with van der Waals surface area (Å²) in [5.74, 6) is -0.323. The topological polar surface area (TPSA) is 144 Å². The molecule has 2 saturated heterocycles. The summed E-state index contributed by atoms with van der Waals surface area (Å²) in [7, 11) is 0. The summed E-state index contributed by atoms with van der Waals surface area (Å²) in [6, 6.07) is -1.44. The second kappa shape index (κ2) is 5.48. The minimum Gasteiger partial charge on any atom is -0.457 e. The van der Waals surface area contributed by atoms with Gasteiger partial charge in [-0.25, -0.2) is 10.1 Å². The number of aliphatic hydroxyl groups is 2. The average Bonchev–Trinajstić information content (AvgIpc) is 2.93. The van der Waals surface area contributed by atoms with E-state index in [-0.39, 0.29) is 24.9 Å². The van der Waals surface area contributed by atoms with Gasteiger partial charge in [-0.15, -0.1) is 0 Å². The molecule has 0 aromatic rings. The molecule has 3 heterocycles. The number of aliphatic imine (C=N–C) groups is 1. The molecular weight excluding hydrogens is 342 g/mol. The van der Waals surface area contributed by atoms with Crippen LogP contribution < -0.4 is 11.1 Å². The Balaban J connectivity index is 2.08. The summed E-state index contributed by atoms with van der Waals surface area (Å²) in [5, 5.41) is 35.7. The molecule has 3 aliphatic rings. The lowest BCUT2D eigenvalue weighted by Gasteiger charge is -2.51. The number of aliphatic hydroxyl groups excluding tert-OH is 1. The molecule has 10 heteroatoms. The van der Waals surface area contributed by atoms with Crippen LogP contribution in [0.4, 0.5) is 0 Å². The van der Waals surface area contributed by atoms with Crippen molar-refractivity contribution in [1.29, 1.82) is 0 Å². The standard InChI is InChI=1S/C16H27N5O5/c1-8-18-11-9(7-22)19-13(17)20-6-10(26-12(23)14(2,3)4)15(5,24)16(11,20)21(8)25/h9-11,18,22,24-25H,1,6-7H2,2-5H3,(H2,17,19)/t9?,10-,11?,15-,16?/m0/s1. The van der Waals surface area contributed by atoms with E-state index in [2.05, 4.69) is 16.9 Å². The van der Waals surface area contributed by atoms with Crippen LogP contribution >= 0.6 is 0 Å². The van der Waals surface area contributed by atoms with Gasteiger partial charge in [0, 0.05) is 0 Å². The lowest BCUT2D eigenvalue weighted by Crippen LogP contribution is -2.76. The van der Waals surface area contributed by atoms with Crippen molar-refractivity contribution in [3.8, 4) is 0 Å². The third-order valence-electron chi connectivity index (χ3n) is 5.47. The Morgan fingerprint density at radius 2 is 2.15 bits per heavy atom. The van der Waals surface area contributed by atoms with Crippen LogP contribution in [0.15, 0.2) is 17.4 Å². The molecule has 146 valence electrons. The van der Waals surface area contributed by atoms with Gasteiger partial charge in [0.25, 0.3) is 0 Å². The van der Waals surface area contributed by atoms with Crippen molar-refractivity contribution in [2.75, 3.05) is 13.2 Å². The number of esters is 1. The summed E-state index contributed by atoms with van der Waals surface area (Å²) in [4.78, 5) is 18.1. The molecule has 0 saturated carbocycles. The van der Waals surface area contributed by atoms with Crippen molar-refractivity contribution in [2.24, 2.45) is 16.1 Å². The predicted octanol–water partition coefficient (Wildman–Crippen LogP) is -1.47. The van der Waals surface area contributed by atoms with Crippen LogP contribution in [-0.4, -0.2) is 79.9 Å². The normalized spacial score (nSPS) is 39.3. The van der Waals surface area contributed by atoms with Gasteiger partial charge in [-0.2, -0.15) is 0 Å². The van der Waals surface area contributed by atoms with Gasteiger partial charge in [0.2, 0.25) is 0 Å². The minimum atomic E-state index is -1.74. The maximum Gasteiger partial charge on any atom is 0.311 e. The fourth-order valence-electron chi connectivity index (χ4n) is 4.03. The SMILES string of the molecule is C=C1NC2C(CO)N=C(N)N3C[C@H](OC(=O)C(C)(C)C)[C@](C)(O)C23N1O. The number of rotatable bonds is 2. The van der Waals surface area contributed by atoms with Crippen LogP contribution in [0.5, 0.6) is 0 Å². The van der Waals surface area contributed by atoms with Gasteiger partial charge in [-0.3, -0.25) is 10.0 Å². The Labute approximate surface area is 151 Å². The molecule has 5 atom stereocenters. The van der Waals surface area contributed by atoms with Gasteiger partial charge in [0.15, 0.2) is 17.7 Å². The number of ether oxygens (including phenoxy) is 1.